The van der Waals surface area contributed by atoms with Crippen LogP contribution in [0.1, 0.15) is 66.3 Å². The maximum atomic E-state index is 13.1. The summed E-state index contributed by atoms with van der Waals surface area (Å²) in [6.07, 6.45) is 12.2. The van der Waals surface area contributed by atoms with Crippen molar-refractivity contribution in [3.63, 3.8) is 0 Å². The van der Waals surface area contributed by atoms with E-state index in [1.165, 1.54) is 6.42 Å². The fourth-order valence-corrected chi connectivity index (χ4v) is 5.03. The van der Waals surface area contributed by atoms with Gasteiger partial charge >= 0.3 is 0 Å². The number of imidazole rings is 1. The summed E-state index contributed by atoms with van der Waals surface area (Å²) in [4.78, 5) is 24.6. The molecule has 0 aliphatic carbocycles. The van der Waals surface area contributed by atoms with Gasteiger partial charge in [0.1, 0.15) is 5.82 Å². The Kier molecular flexibility index (Phi) is 6.79. The van der Waals surface area contributed by atoms with Gasteiger partial charge in [-0.25, -0.2) is 9.97 Å². The Morgan fingerprint density at radius 3 is 2.86 bits per heavy atom. The largest absolute Gasteiger partial charge is 0.330 e. The molecule has 0 bridgehead atoms. The molecule has 3 aromatic heterocycles. The number of likely N-dealkylation sites (tertiary alicyclic amines) is 1. The molecule has 4 heterocycles. The van der Waals surface area contributed by atoms with Gasteiger partial charge in [-0.05, 0) is 64.9 Å². The van der Waals surface area contributed by atoms with Gasteiger partial charge in [0.25, 0.3) is 5.91 Å². The van der Waals surface area contributed by atoms with Gasteiger partial charge in [-0.3, -0.25) is 14.4 Å². The first kappa shape index (κ1) is 23.4. The molecule has 1 amide bonds. The lowest BCUT2D eigenvalue weighted by molar-refractivity contribution is 0.102. The molecule has 0 spiro atoms. The second kappa shape index (κ2) is 10.1. The molecule has 9 heteroatoms. The Morgan fingerprint density at radius 1 is 1.20 bits per heavy atom. The Hall–Kier alpha value is -3.30. The quantitative estimate of drug-likeness (QED) is 0.356. The minimum atomic E-state index is -0.192. The molecule has 1 aliphatic heterocycles. The van der Waals surface area contributed by atoms with Gasteiger partial charge in [0.15, 0.2) is 5.65 Å². The second-order valence-electron chi connectivity index (χ2n) is 9.54. The number of hydrogen-bond donors (Lipinski definition) is 2. The Bertz CT molecular complexity index is 1340. The lowest BCUT2D eigenvalue weighted by Crippen LogP contribution is -2.17. The van der Waals surface area contributed by atoms with Crippen LogP contribution < -0.4 is 11.1 Å². The number of fused-ring (bicyclic) bond motifs is 2. The number of anilines is 1. The van der Waals surface area contributed by atoms with Crippen LogP contribution >= 0.6 is 0 Å². The predicted octanol–water partition coefficient (Wildman–Crippen LogP) is 3.93. The van der Waals surface area contributed by atoms with E-state index in [9.17, 15) is 4.79 Å². The fraction of sp³-hybridized carbons (Fsp3) is 0.462. The second-order valence-corrected chi connectivity index (χ2v) is 9.54. The van der Waals surface area contributed by atoms with Crippen LogP contribution in [0.25, 0.3) is 16.6 Å². The molecule has 1 atom stereocenters. The van der Waals surface area contributed by atoms with Crippen molar-refractivity contribution in [2.75, 3.05) is 25.5 Å². The van der Waals surface area contributed by atoms with Crippen LogP contribution in [0.2, 0.25) is 0 Å². The molecule has 184 valence electrons. The van der Waals surface area contributed by atoms with E-state index < -0.39 is 0 Å². The lowest BCUT2D eigenvalue weighted by atomic mass is 10.1. The molecule has 0 saturated carbocycles. The van der Waals surface area contributed by atoms with Crippen LogP contribution in [0.3, 0.4) is 0 Å². The maximum Gasteiger partial charge on any atom is 0.256 e. The molecule has 1 fully saturated rings. The van der Waals surface area contributed by atoms with E-state index in [0.717, 1.165) is 79.7 Å². The third-order valence-corrected chi connectivity index (χ3v) is 6.99. The Labute approximate surface area is 205 Å². The highest BCUT2D eigenvalue weighted by Crippen LogP contribution is 2.30. The van der Waals surface area contributed by atoms with Crippen molar-refractivity contribution >= 4 is 28.3 Å². The zero-order chi connectivity index (χ0) is 24.4. The molecule has 3 N–H and O–H groups in total. The van der Waals surface area contributed by atoms with E-state index in [1.807, 2.05) is 46.6 Å². The highest BCUT2D eigenvalue weighted by Gasteiger charge is 2.25. The van der Waals surface area contributed by atoms with Gasteiger partial charge in [0.2, 0.25) is 0 Å². The average molecular weight is 475 g/mol. The van der Waals surface area contributed by atoms with Gasteiger partial charge in [-0.2, -0.15) is 5.10 Å². The number of carbonyl (C=O) groups excluding carboxylic acids is 1. The van der Waals surface area contributed by atoms with Crippen LogP contribution in [-0.4, -0.2) is 55.1 Å². The smallest absolute Gasteiger partial charge is 0.256 e. The van der Waals surface area contributed by atoms with Crippen molar-refractivity contribution in [2.24, 2.45) is 5.73 Å². The summed E-state index contributed by atoms with van der Waals surface area (Å²) in [5.74, 6) is 0.305. The summed E-state index contributed by atoms with van der Waals surface area (Å²) < 4.78 is 3.96. The molecule has 1 aromatic carbocycles. The van der Waals surface area contributed by atoms with Crippen molar-refractivity contribution in [3.8, 4) is 0 Å². The van der Waals surface area contributed by atoms with Crippen LogP contribution in [0, 0.1) is 6.92 Å². The van der Waals surface area contributed by atoms with E-state index in [2.05, 4.69) is 22.2 Å². The zero-order valence-corrected chi connectivity index (χ0v) is 20.6. The van der Waals surface area contributed by atoms with E-state index in [0.29, 0.717) is 17.4 Å². The molecular formula is C26H34N8O. The topological polar surface area (TPSA) is 106 Å². The van der Waals surface area contributed by atoms with Gasteiger partial charge in [-0.15, -0.1) is 0 Å². The summed E-state index contributed by atoms with van der Waals surface area (Å²) in [6.45, 7) is 4.67. The number of hydrogen-bond acceptors (Lipinski definition) is 6. The predicted molar refractivity (Wildman–Crippen MR) is 138 cm³/mol. The number of nitrogens with two attached hydrogens (primary N) is 1. The third kappa shape index (κ3) is 4.92. The minimum Gasteiger partial charge on any atom is -0.330 e. The number of benzene rings is 1. The van der Waals surface area contributed by atoms with Crippen molar-refractivity contribution in [3.05, 3.63) is 53.7 Å². The first-order valence-electron chi connectivity index (χ1n) is 12.6. The van der Waals surface area contributed by atoms with Crippen molar-refractivity contribution in [2.45, 2.75) is 58.0 Å². The number of aryl methyl sites for hydroxylation is 2. The number of unbranched alkanes of at least 4 members (excludes halogenated alkanes) is 3. The van der Waals surface area contributed by atoms with E-state index in [4.69, 9.17) is 15.8 Å². The van der Waals surface area contributed by atoms with Crippen LogP contribution in [0.4, 0.5) is 5.82 Å². The highest BCUT2D eigenvalue weighted by molar-refractivity contribution is 6.05. The first-order chi connectivity index (χ1) is 17.0. The number of amides is 1. The number of aromatic nitrogens is 5. The van der Waals surface area contributed by atoms with Gasteiger partial charge in [0, 0.05) is 23.7 Å². The van der Waals surface area contributed by atoms with Crippen LogP contribution in [-0.2, 0) is 6.54 Å². The average Bonchev–Trinajstić information content (AvgIpc) is 3.55. The van der Waals surface area contributed by atoms with Gasteiger partial charge in [-0.1, -0.05) is 18.9 Å². The third-order valence-electron chi connectivity index (χ3n) is 6.99. The SMILES string of the molecule is Cc1nn(CCCCCCN)c2cc(C(=O)Nc3cn4cc([C@H]5CCCN5C)nc4cn3)ccc12. The maximum absolute atomic E-state index is 13.1. The number of rotatable bonds is 9. The fourth-order valence-electron chi connectivity index (χ4n) is 5.03. The monoisotopic (exact) mass is 474 g/mol. The molecule has 35 heavy (non-hydrogen) atoms. The zero-order valence-electron chi connectivity index (χ0n) is 20.6. The normalized spacial score (nSPS) is 16.5. The number of nitrogens with one attached hydrogen (secondary N) is 1. The highest BCUT2D eigenvalue weighted by atomic mass is 16.1. The molecular weight excluding hydrogens is 440 g/mol. The van der Waals surface area contributed by atoms with E-state index >= 15 is 0 Å². The first-order valence-corrected chi connectivity index (χ1v) is 12.6. The summed E-state index contributed by atoms with van der Waals surface area (Å²) in [7, 11) is 2.14. The van der Waals surface area contributed by atoms with E-state index in [-0.39, 0.29) is 5.91 Å². The summed E-state index contributed by atoms with van der Waals surface area (Å²) in [6, 6.07) is 6.10. The molecule has 9 nitrogen and oxygen atoms in total. The summed E-state index contributed by atoms with van der Waals surface area (Å²) in [5, 5.41) is 8.72. The Morgan fingerprint density at radius 2 is 2.06 bits per heavy atom. The van der Waals surface area contributed by atoms with E-state index in [1.54, 1.807) is 6.20 Å². The molecule has 1 saturated heterocycles. The summed E-state index contributed by atoms with van der Waals surface area (Å²) >= 11 is 0. The molecule has 5 rings (SSSR count). The molecule has 4 aromatic rings. The summed E-state index contributed by atoms with van der Waals surface area (Å²) in [5.41, 5.74) is 9.97. The molecule has 1 aliphatic rings. The number of nitrogens with zero attached hydrogens (tertiary/aromatic N) is 6. The van der Waals surface area contributed by atoms with Crippen LogP contribution in [0.5, 0.6) is 0 Å². The van der Waals surface area contributed by atoms with Crippen LogP contribution in [0.15, 0.2) is 36.8 Å². The lowest BCUT2D eigenvalue weighted by Gasteiger charge is -2.16. The Balaban J connectivity index is 1.31. The van der Waals surface area contributed by atoms with Gasteiger partial charge in [0.05, 0.1) is 35.3 Å². The standard InChI is InChI=1S/C26H34N8O/c1-18-20-10-9-19(14-23(20)34(31-18)13-6-4-3-5-11-27)26(35)30-24-17-33-16-21(29-25(33)15-28-24)22-8-7-12-32(22)2/h9-10,14-17,22H,3-8,11-13,27H2,1-2H3,(H,30,35)/t22-/m1/s1. The van der Waals surface area contributed by atoms with Gasteiger partial charge < -0.3 is 15.5 Å². The van der Waals surface area contributed by atoms with Crippen molar-refractivity contribution in [1.82, 2.24) is 29.0 Å². The van der Waals surface area contributed by atoms with Crippen molar-refractivity contribution in [1.29, 1.82) is 0 Å². The minimum absolute atomic E-state index is 0.192. The number of carbonyl (C=O) groups is 1. The molecule has 0 unspecified atom stereocenters. The molecule has 0 radical (unpaired) electrons. The van der Waals surface area contributed by atoms with Crippen molar-refractivity contribution < 1.29 is 4.79 Å².